The molecular weight excluding hydrogens is 390 g/mol. The number of aryl methyl sites for hydroxylation is 1. The lowest BCUT2D eigenvalue weighted by Gasteiger charge is -2.09. The van der Waals surface area contributed by atoms with Gasteiger partial charge in [0, 0.05) is 37.6 Å². The highest BCUT2D eigenvalue weighted by Gasteiger charge is 2.05. The van der Waals surface area contributed by atoms with Gasteiger partial charge in [0.05, 0.1) is 11.0 Å². The molecule has 0 atom stereocenters. The maximum atomic E-state index is 12.0. The molecule has 0 spiro atoms. The maximum Gasteiger partial charge on any atom is 0.315 e. The number of aromatic nitrogens is 3. The van der Waals surface area contributed by atoms with Crippen LogP contribution in [0, 0.1) is 0 Å². The normalized spacial score (nSPS) is 10.8. The Morgan fingerprint density at radius 2 is 1.71 bits per heavy atom. The molecule has 0 aliphatic rings. The Morgan fingerprint density at radius 3 is 2.55 bits per heavy atom. The van der Waals surface area contributed by atoms with Crippen LogP contribution in [0.4, 0.5) is 4.79 Å². The van der Waals surface area contributed by atoms with E-state index in [2.05, 4.69) is 15.6 Å². The molecule has 2 aromatic heterocycles. The zero-order valence-corrected chi connectivity index (χ0v) is 17.2. The molecule has 2 amide bonds. The lowest BCUT2D eigenvalue weighted by Crippen LogP contribution is -2.35. The van der Waals surface area contributed by atoms with Crippen molar-refractivity contribution in [1.82, 2.24) is 24.8 Å². The van der Waals surface area contributed by atoms with E-state index in [4.69, 9.17) is 0 Å². The Kier molecular flexibility index (Phi) is 6.42. The molecule has 7 heteroatoms. The Hall–Kier alpha value is -3.87. The Balaban J connectivity index is 1.20. The third-order valence-corrected chi connectivity index (χ3v) is 5.13. The number of hydrogen-bond acceptors (Lipinski definition) is 3. The number of rotatable bonds is 8. The topological polar surface area (TPSA) is 81.0 Å². The predicted octanol–water partition coefficient (Wildman–Crippen LogP) is 3.47. The number of carbonyl (C=O) groups excluding carboxylic acids is 1. The molecule has 31 heavy (non-hydrogen) atoms. The number of carbonyl (C=O) groups is 1. The Morgan fingerprint density at radius 1 is 0.903 bits per heavy atom. The van der Waals surface area contributed by atoms with Crippen LogP contribution < -0.4 is 16.2 Å². The van der Waals surface area contributed by atoms with Gasteiger partial charge in [-0.1, -0.05) is 30.3 Å². The molecule has 4 aromatic rings. The molecule has 0 aliphatic heterocycles. The van der Waals surface area contributed by atoms with Crippen molar-refractivity contribution >= 4 is 17.1 Å². The van der Waals surface area contributed by atoms with Gasteiger partial charge in [-0.15, -0.1) is 0 Å². The smallest absolute Gasteiger partial charge is 0.315 e. The van der Waals surface area contributed by atoms with E-state index in [0.717, 1.165) is 35.1 Å². The molecule has 0 aliphatic carbocycles. The number of unbranched alkanes of at least 4 members (excludes halogenated alkanes) is 1. The van der Waals surface area contributed by atoms with Gasteiger partial charge in [-0.25, -0.2) is 9.78 Å². The molecule has 0 fully saturated rings. The summed E-state index contributed by atoms with van der Waals surface area (Å²) in [7, 11) is 0. The van der Waals surface area contributed by atoms with Gasteiger partial charge in [-0.2, -0.15) is 0 Å². The lowest BCUT2D eigenvalue weighted by molar-refractivity contribution is 0.240. The highest BCUT2D eigenvalue weighted by atomic mass is 16.2. The van der Waals surface area contributed by atoms with Gasteiger partial charge in [-0.3, -0.25) is 9.36 Å². The number of nitrogens with one attached hydrogen (secondary N) is 2. The van der Waals surface area contributed by atoms with E-state index in [1.165, 1.54) is 0 Å². The second-order valence-corrected chi connectivity index (χ2v) is 7.32. The summed E-state index contributed by atoms with van der Waals surface area (Å²) >= 11 is 0. The molecular formula is C24H25N5O2. The number of amides is 2. The molecule has 2 aromatic carbocycles. The minimum atomic E-state index is -0.193. The van der Waals surface area contributed by atoms with Crippen LogP contribution in [0.25, 0.3) is 16.7 Å². The van der Waals surface area contributed by atoms with Crippen LogP contribution >= 0.6 is 0 Å². The van der Waals surface area contributed by atoms with Gasteiger partial charge in [0.1, 0.15) is 6.33 Å². The zero-order chi connectivity index (χ0) is 21.5. The standard InChI is InChI=1S/C24H25N5O2/c30-23-9-3-5-15-28(23)16-6-4-14-25-24(31)26-17-19-10-12-20(13-11-19)29-18-27-21-7-1-2-8-22(21)29/h1-3,5,7-13,15,18H,4,6,14,16-17H2,(H2,25,26,31). The van der Waals surface area contributed by atoms with Gasteiger partial charge >= 0.3 is 6.03 Å². The number of pyridine rings is 1. The number of urea groups is 1. The van der Waals surface area contributed by atoms with E-state index < -0.39 is 0 Å². The minimum Gasteiger partial charge on any atom is -0.338 e. The van der Waals surface area contributed by atoms with Crippen molar-refractivity contribution in [2.24, 2.45) is 0 Å². The fourth-order valence-corrected chi connectivity index (χ4v) is 3.44. The second kappa shape index (κ2) is 9.75. The summed E-state index contributed by atoms with van der Waals surface area (Å²) < 4.78 is 3.72. The van der Waals surface area contributed by atoms with Crippen molar-refractivity contribution in [3.05, 3.63) is 95.2 Å². The molecule has 0 saturated carbocycles. The van der Waals surface area contributed by atoms with Crippen LogP contribution in [0.1, 0.15) is 18.4 Å². The van der Waals surface area contributed by atoms with Gasteiger partial charge < -0.3 is 15.2 Å². The van der Waals surface area contributed by atoms with E-state index in [-0.39, 0.29) is 11.6 Å². The van der Waals surface area contributed by atoms with Crippen molar-refractivity contribution in [3.63, 3.8) is 0 Å². The molecule has 0 unspecified atom stereocenters. The number of hydrogen-bond donors (Lipinski definition) is 2. The van der Waals surface area contributed by atoms with Crippen molar-refractivity contribution in [2.45, 2.75) is 25.9 Å². The molecule has 7 nitrogen and oxygen atoms in total. The summed E-state index contributed by atoms with van der Waals surface area (Å²) in [5, 5.41) is 5.73. The van der Waals surface area contributed by atoms with Crippen LogP contribution in [0.5, 0.6) is 0 Å². The van der Waals surface area contributed by atoms with E-state index in [1.54, 1.807) is 22.9 Å². The predicted molar refractivity (Wildman–Crippen MR) is 121 cm³/mol. The minimum absolute atomic E-state index is 0.000413. The molecule has 2 heterocycles. The first-order valence-electron chi connectivity index (χ1n) is 10.4. The zero-order valence-electron chi connectivity index (χ0n) is 17.2. The van der Waals surface area contributed by atoms with Crippen molar-refractivity contribution in [3.8, 4) is 5.69 Å². The van der Waals surface area contributed by atoms with Crippen molar-refractivity contribution in [2.75, 3.05) is 6.54 Å². The molecule has 4 rings (SSSR count). The first kappa shape index (κ1) is 20.4. The fourth-order valence-electron chi connectivity index (χ4n) is 3.44. The van der Waals surface area contributed by atoms with Crippen LogP contribution in [-0.2, 0) is 13.1 Å². The van der Waals surface area contributed by atoms with Gasteiger partial charge in [0.25, 0.3) is 0 Å². The molecule has 0 bridgehead atoms. The average Bonchev–Trinajstić information content (AvgIpc) is 3.23. The summed E-state index contributed by atoms with van der Waals surface area (Å²) in [5.41, 5.74) is 4.07. The Bertz CT molecular complexity index is 1210. The van der Waals surface area contributed by atoms with Crippen molar-refractivity contribution in [1.29, 1.82) is 0 Å². The van der Waals surface area contributed by atoms with E-state index in [9.17, 15) is 9.59 Å². The summed E-state index contributed by atoms with van der Waals surface area (Å²) in [6, 6.07) is 21.0. The third kappa shape index (κ3) is 5.19. The van der Waals surface area contributed by atoms with Crippen LogP contribution in [-0.4, -0.2) is 26.7 Å². The van der Waals surface area contributed by atoms with Crippen molar-refractivity contribution < 1.29 is 4.79 Å². The first-order chi connectivity index (χ1) is 15.2. The highest BCUT2D eigenvalue weighted by molar-refractivity contribution is 5.77. The Labute approximate surface area is 180 Å². The summed E-state index contributed by atoms with van der Waals surface area (Å²) in [6.07, 6.45) is 5.24. The van der Waals surface area contributed by atoms with Crippen LogP contribution in [0.2, 0.25) is 0 Å². The maximum absolute atomic E-state index is 12.0. The van der Waals surface area contributed by atoms with Gasteiger partial charge in [-0.05, 0) is 48.7 Å². The third-order valence-electron chi connectivity index (χ3n) is 5.13. The SMILES string of the molecule is O=C(NCCCCn1ccccc1=O)NCc1ccc(-n2cnc3ccccc32)cc1. The van der Waals surface area contributed by atoms with E-state index in [1.807, 2.05) is 65.5 Å². The largest absolute Gasteiger partial charge is 0.338 e. The summed E-state index contributed by atoms with van der Waals surface area (Å²) in [6.45, 7) is 1.68. The first-order valence-corrected chi connectivity index (χ1v) is 10.4. The number of imidazole rings is 1. The van der Waals surface area contributed by atoms with E-state index >= 15 is 0 Å². The van der Waals surface area contributed by atoms with Crippen LogP contribution in [0.15, 0.2) is 84.0 Å². The molecule has 158 valence electrons. The number of para-hydroxylation sites is 2. The molecule has 0 saturated heterocycles. The molecule has 2 N–H and O–H groups in total. The van der Waals surface area contributed by atoms with Crippen LogP contribution in [0.3, 0.4) is 0 Å². The average molecular weight is 415 g/mol. The number of benzene rings is 2. The fraction of sp³-hybridized carbons (Fsp3) is 0.208. The molecule has 0 radical (unpaired) electrons. The number of nitrogens with zero attached hydrogens (tertiary/aromatic N) is 3. The van der Waals surface area contributed by atoms with Gasteiger partial charge in [0.2, 0.25) is 5.56 Å². The quantitative estimate of drug-likeness (QED) is 0.433. The highest BCUT2D eigenvalue weighted by Crippen LogP contribution is 2.18. The summed E-state index contributed by atoms with van der Waals surface area (Å²) in [4.78, 5) is 28.1. The lowest BCUT2D eigenvalue weighted by atomic mass is 10.2. The van der Waals surface area contributed by atoms with Gasteiger partial charge in [0.15, 0.2) is 0 Å². The van der Waals surface area contributed by atoms with E-state index in [0.29, 0.717) is 19.6 Å². The number of fused-ring (bicyclic) bond motifs is 1. The summed E-state index contributed by atoms with van der Waals surface area (Å²) in [5.74, 6) is 0. The second-order valence-electron chi connectivity index (χ2n) is 7.32. The monoisotopic (exact) mass is 415 g/mol.